The van der Waals surface area contributed by atoms with E-state index in [-0.39, 0.29) is 28.7 Å². The van der Waals surface area contributed by atoms with Gasteiger partial charge in [-0.25, -0.2) is 13.9 Å². The normalized spacial score (nSPS) is 11.0. The minimum atomic E-state index is -0.748. The highest BCUT2D eigenvalue weighted by Gasteiger charge is 2.25. The summed E-state index contributed by atoms with van der Waals surface area (Å²) in [6.45, 7) is 0. The molecular formula is C29H25N3O6. The van der Waals surface area contributed by atoms with Crippen LogP contribution < -0.4 is 26.3 Å². The van der Waals surface area contributed by atoms with Gasteiger partial charge in [-0.15, -0.1) is 0 Å². The molecule has 0 unspecified atom stereocenters. The first-order chi connectivity index (χ1) is 18.3. The number of hydrogen-bond acceptors (Lipinski definition) is 6. The molecule has 0 saturated carbocycles. The molecule has 5 aromatic rings. The Hall–Kier alpha value is -5.05. The van der Waals surface area contributed by atoms with Crippen molar-refractivity contribution >= 4 is 11.0 Å². The summed E-state index contributed by atoms with van der Waals surface area (Å²) in [4.78, 5) is 41.3. The van der Waals surface area contributed by atoms with Crippen LogP contribution in [0.25, 0.3) is 22.4 Å². The van der Waals surface area contributed by atoms with Crippen molar-refractivity contribution in [2.75, 3.05) is 14.2 Å². The summed E-state index contributed by atoms with van der Waals surface area (Å²) in [6, 6.07) is 22.2. The van der Waals surface area contributed by atoms with Crippen molar-refractivity contribution < 1.29 is 14.6 Å². The molecule has 9 nitrogen and oxygen atoms in total. The van der Waals surface area contributed by atoms with E-state index in [9.17, 15) is 19.5 Å². The minimum absolute atomic E-state index is 0.0192. The van der Waals surface area contributed by atoms with Gasteiger partial charge in [0.05, 0.1) is 31.2 Å². The van der Waals surface area contributed by atoms with Crippen LogP contribution >= 0.6 is 0 Å². The lowest BCUT2D eigenvalue weighted by atomic mass is 10.0. The predicted octanol–water partition coefficient (Wildman–Crippen LogP) is 3.15. The van der Waals surface area contributed by atoms with E-state index < -0.39 is 22.6 Å². The first kappa shape index (κ1) is 24.6. The lowest BCUT2D eigenvalue weighted by Gasteiger charge is -2.19. The number of aryl methyl sites for hydroxylation is 1. The van der Waals surface area contributed by atoms with Crippen LogP contribution in [0.4, 0.5) is 0 Å². The molecule has 2 heterocycles. The van der Waals surface area contributed by atoms with Gasteiger partial charge in [0.1, 0.15) is 28.3 Å². The van der Waals surface area contributed by atoms with Crippen LogP contribution in [0.3, 0.4) is 0 Å². The summed E-state index contributed by atoms with van der Waals surface area (Å²) in [5.74, 6) is 0.659. The third-order valence-electron chi connectivity index (χ3n) is 6.52. The Balaban J connectivity index is 1.91. The Morgan fingerprint density at radius 2 is 1.24 bits per heavy atom. The van der Waals surface area contributed by atoms with Crippen LogP contribution in [0.1, 0.15) is 11.1 Å². The summed E-state index contributed by atoms with van der Waals surface area (Å²) in [5.41, 5.74) is -0.472. The van der Waals surface area contributed by atoms with Gasteiger partial charge in [0.2, 0.25) is 0 Å². The molecule has 1 N–H and O–H groups in total. The van der Waals surface area contributed by atoms with Crippen molar-refractivity contribution in [1.82, 2.24) is 13.7 Å². The van der Waals surface area contributed by atoms with E-state index in [0.29, 0.717) is 17.2 Å². The number of fused-ring (bicyclic) bond motifs is 1. The maximum absolute atomic E-state index is 13.9. The molecule has 38 heavy (non-hydrogen) atoms. The van der Waals surface area contributed by atoms with E-state index in [2.05, 4.69) is 0 Å². The van der Waals surface area contributed by atoms with Crippen LogP contribution in [-0.2, 0) is 13.5 Å². The Kier molecular flexibility index (Phi) is 6.34. The summed E-state index contributed by atoms with van der Waals surface area (Å²) < 4.78 is 13.9. The highest BCUT2D eigenvalue weighted by Crippen LogP contribution is 2.27. The molecule has 0 aliphatic rings. The lowest BCUT2D eigenvalue weighted by molar-refractivity contribution is 0.414. The van der Waals surface area contributed by atoms with Gasteiger partial charge in [-0.05, 0) is 54.1 Å². The minimum Gasteiger partial charge on any atom is -0.506 e. The molecule has 2 aromatic heterocycles. The first-order valence-corrected chi connectivity index (χ1v) is 11.8. The van der Waals surface area contributed by atoms with E-state index in [4.69, 9.17) is 9.47 Å². The molecule has 9 heteroatoms. The number of benzene rings is 3. The van der Waals surface area contributed by atoms with Gasteiger partial charge >= 0.3 is 5.69 Å². The van der Waals surface area contributed by atoms with Crippen molar-refractivity contribution in [3.05, 3.63) is 121 Å². The fraction of sp³-hybridized carbons (Fsp3) is 0.138. The third-order valence-corrected chi connectivity index (χ3v) is 6.52. The van der Waals surface area contributed by atoms with Crippen molar-refractivity contribution in [3.8, 4) is 28.6 Å². The second-order valence-electron chi connectivity index (χ2n) is 8.71. The zero-order chi connectivity index (χ0) is 27.0. The smallest absolute Gasteiger partial charge is 0.341 e. The number of pyridine rings is 1. The maximum atomic E-state index is 13.9. The molecule has 5 rings (SSSR count). The Bertz CT molecular complexity index is 1820. The third kappa shape index (κ3) is 4.03. The molecule has 0 radical (unpaired) electrons. The zero-order valence-electron chi connectivity index (χ0n) is 21.0. The molecule has 0 fully saturated rings. The molecule has 192 valence electrons. The zero-order valence-corrected chi connectivity index (χ0v) is 21.0. The molecule has 0 aliphatic carbocycles. The van der Waals surface area contributed by atoms with Gasteiger partial charge < -0.3 is 14.6 Å². The Morgan fingerprint density at radius 3 is 1.76 bits per heavy atom. The standard InChI is InChI=1S/C29H25N3O6/c1-30-26-24(25(33)23(27(30)34)17-18-7-5-4-6-8-18)28(35)32(20-11-15-22(38-3)16-12-20)29(36)31(26)19-9-13-21(37-2)14-10-19/h4-16,33H,17H2,1-3H3. The van der Waals surface area contributed by atoms with Gasteiger partial charge in [-0.2, -0.15) is 0 Å². The van der Waals surface area contributed by atoms with Crippen LogP contribution in [0.2, 0.25) is 0 Å². The number of methoxy groups -OCH3 is 2. The van der Waals surface area contributed by atoms with Crippen LogP contribution in [-0.4, -0.2) is 33.0 Å². The Morgan fingerprint density at radius 1 is 0.711 bits per heavy atom. The largest absolute Gasteiger partial charge is 0.506 e. The van der Waals surface area contributed by atoms with Crippen molar-refractivity contribution in [3.63, 3.8) is 0 Å². The highest BCUT2D eigenvalue weighted by molar-refractivity contribution is 5.84. The molecule has 0 atom stereocenters. The topological polar surface area (TPSA) is 105 Å². The molecule has 0 amide bonds. The van der Waals surface area contributed by atoms with Crippen molar-refractivity contribution in [2.45, 2.75) is 6.42 Å². The van der Waals surface area contributed by atoms with Gasteiger partial charge in [0.15, 0.2) is 0 Å². The quantitative estimate of drug-likeness (QED) is 0.376. The number of rotatable bonds is 6. The molecular weight excluding hydrogens is 486 g/mol. The van der Waals surface area contributed by atoms with Crippen molar-refractivity contribution in [2.24, 2.45) is 7.05 Å². The summed E-state index contributed by atoms with van der Waals surface area (Å²) in [7, 11) is 4.52. The summed E-state index contributed by atoms with van der Waals surface area (Å²) in [5, 5.41) is 11.3. The van der Waals surface area contributed by atoms with E-state index in [1.54, 1.807) is 48.5 Å². The second-order valence-corrected chi connectivity index (χ2v) is 8.71. The van der Waals surface area contributed by atoms with Gasteiger partial charge in [-0.3, -0.25) is 14.2 Å². The highest BCUT2D eigenvalue weighted by atomic mass is 16.5. The van der Waals surface area contributed by atoms with E-state index in [1.807, 2.05) is 30.3 Å². The number of aromatic hydroxyl groups is 1. The van der Waals surface area contributed by atoms with Crippen LogP contribution in [0, 0.1) is 0 Å². The molecule has 0 spiro atoms. The van der Waals surface area contributed by atoms with Gasteiger partial charge in [0.25, 0.3) is 11.1 Å². The number of hydrogen-bond donors (Lipinski definition) is 1. The van der Waals surface area contributed by atoms with E-state index >= 15 is 0 Å². The predicted molar refractivity (Wildman–Crippen MR) is 144 cm³/mol. The second kappa shape index (κ2) is 9.78. The van der Waals surface area contributed by atoms with Crippen LogP contribution in [0.15, 0.2) is 93.2 Å². The van der Waals surface area contributed by atoms with Gasteiger partial charge in [-0.1, -0.05) is 30.3 Å². The number of ether oxygens (including phenoxy) is 2. The first-order valence-electron chi connectivity index (χ1n) is 11.8. The van der Waals surface area contributed by atoms with Crippen molar-refractivity contribution in [1.29, 1.82) is 0 Å². The number of nitrogens with zero attached hydrogens (tertiary/aromatic N) is 3. The number of aromatic nitrogens is 3. The summed E-state index contributed by atoms with van der Waals surface area (Å²) in [6.07, 6.45) is 0.110. The molecule has 3 aromatic carbocycles. The Labute approximate surface area is 217 Å². The van der Waals surface area contributed by atoms with Gasteiger partial charge in [0, 0.05) is 13.5 Å². The van der Waals surface area contributed by atoms with E-state index in [1.165, 1.54) is 30.4 Å². The molecule has 0 aliphatic heterocycles. The average molecular weight is 512 g/mol. The summed E-state index contributed by atoms with van der Waals surface area (Å²) >= 11 is 0. The average Bonchev–Trinajstić information content (AvgIpc) is 2.95. The fourth-order valence-corrected chi connectivity index (χ4v) is 4.55. The molecule has 0 saturated heterocycles. The maximum Gasteiger partial charge on any atom is 0.341 e. The SMILES string of the molecule is COc1ccc(-n2c(=O)c3c(O)c(Cc4ccccc4)c(=O)n(C)c3n(-c3ccc(OC)cc3)c2=O)cc1. The molecule has 0 bridgehead atoms. The van der Waals surface area contributed by atoms with E-state index in [0.717, 1.165) is 10.1 Å². The monoisotopic (exact) mass is 511 g/mol. The lowest BCUT2D eigenvalue weighted by Crippen LogP contribution is -2.41. The van der Waals surface area contributed by atoms with Crippen LogP contribution in [0.5, 0.6) is 17.2 Å². The fourth-order valence-electron chi connectivity index (χ4n) is 4.55.